The van der Waals surface area contributed by atoms with E-state index in [0.29, 0.717) is 12.3 Å². The zero-order valence-electron chi connectivity index (χ0n) is 12.3. The second-order valence-corrected chi connectivity index (χ2v) is 6.65. The first-order valence-electron chi connectivity index (χ1n) is 7.72. The van der Waals surface area contributed by atoms with Crippen LogP contribution in [-0.2, 0) is 4.79 Å². The van der Waals surface area contributed by atoms with Gasteiger partial charge in [0, 0.05) is 6.42 Å². The summed E-state index contributed by atoms with van der Waals surface area (Å²) in [6, 6.07) is 6.24. The van der Waals surface area contributed by atoms with Crippen LogP contribution in [0.15, 0.2) is 24.3 Å². The standard InChI is InChI=1S/C16H20FN3OS/c17-13-3-1-2-4-14(13)18-16(22)20-19-15(21)9-12-8-10-5-6-11(12)7-10/h1-4,10-12H,5-9H2,(H,19,21)(H2,18,20,22)/t10-,11-,12-/m1/s1. The Morgan fingerprint density at radius 2 is 2.05 bits per heavy atom. The van der Waals surface area contributed by atoms with Crippen LogP contribution in [0.25, 0.3) is 0 Å². The van der Waals surface area contributed by atoms with E-state index in [9.17, 15) is 9.18 Å². The number of carbonyl (C=O) groups is 1. The summed E-state index contributed by atoms with van der Waals surface area (Å²) < 4.78 is 13.5. The maximum absolute atomic E-state index is 13.5. The first kappa shape index (κ1) is 15.2. The molecule has 0 saturated heterocycles. The molecule has 6 heteroatoms. The molecule has 0 unspecified atom stereocenters. The van der Waals surface area contributed by atoms with Gasteiger partial charge in [-0.1, -0.05) is 18.6 Å². The highest BCUT2D eigenvalue weighted by Crippen LogP contribution is 2.49. The predicted molar refractivity (Wildman–Crippen MR) is 87.5 cm³/mol. The summed E-state index contributed by atoms with van der Waals surface area (Å²) in [4.78, 5) is 12.0. The summed E-state index contributed by atoms with van der Waals surface area (Å²) in [5.41, 5.74) is 5.50. The van der Waals surface area contributed by atoms with E-state index in [1.54, 1.807) is 18.2 Å². The highest BCUT2D eigenvalue weighted by atomic mass is 32.1. The minimum absolute atomic E-state index is 0.0600. The number of halogens is 1. The average Bonchev–Trinajstić information content (AvgIpc) is 3.10. The second kappa shape index (κ2) is 6.60. The Labute approximate surface area is 134 Å². The van der Waals surface area contributed by atoms with Crippen molar-refractivity contribution in [2.24, 2.45) is 17.8 Å². The Balaban J connectivity index is 1.41. The molecule has 4 nitrogen and oxygen atoms in total. The number of rotatable bonds is 3. The van der Waals surface area contributed by atoms with Crippen LogP contribution < -0.4 is 16.2 Å². The molecule has 3 N–H and O–H groups in total. The lowest BCUT2D eigenvalue weighted by Crippen LogP contribution is -2.44. The Bertz CT molecular complexity index is 580. The van der Waals surface area contributed by atoms with E-state index in [-0.39, 0.29) is 22.5 Å². The van der Waals surface area contributed by atoms with E-state index in [1.165, 1.54) is 31.7 Å². The lowest BCUT2D eigenvalue weighted by atomic mass is 9.86. The fraction of sp³-hybridized carbons (Fsp3) is 0.500. The number of para-hydroxylation sites is 1. The summed E-state index contributed by atoms with van der Waals surface area (Å²) in [5.74, 6) is 1.61. The molecule has 0 aromatic heterocycles. The van der Waals surface area contributed by atoms with Gasteiger partial charge in [-0.3, -0.25) is 15.6 Å². The fourth-order valence-corrected chi connectivity index (χ4v) is 3.92. The van der Waals surface area contributed by atoms with Crippen LogP contribution in [0.4, 0.5) is 10.1 Å². The minimum atomic E-state index is -0.389. The number of carbonyl (C=O) groups excluding carboxylic acids is 1. The van der Waals surface area contributed by atoms with Crippen LogP contribution in [0, 0.1) is 23.6 Å². The molecule has 2 aliphatic carbocycles. The van der Waals surface area contributed by atoms with Crippen molar-refractivity contribution in [1.29, 1.82) is 0 Å². The van der Waals surface area contributed by atoms with Crippen LogP contribution in [0.2, 0.25) is 0 Å². The molecule has 0 spiro atoms. The molecule has 0 radical (unpaired) electrons. The van der Waals surface area contributed by atoms with Gasteiger partial charge in [0.1, 0.15) is 5.82 Å². The largest absolute Gasteiger partial charge is 0.329 e. The monoisotopic (exact) mass is 321 g/mol. The maximum Gasteiger partial charge on any atom is 0.238 e. The van der Waals surface area contributed by atoms with Gasteiger partial charge in [0.25, 0.3) is 0 Å². The number of fused-ring (bicyclic) bond motifs is 2. The van der Waals surface area contributed by atoms with E-state index in [0.717, 1.165) is 11.8 Å². The van der Waals surface area contributed by atoms with Gasteiger partial charge in [-0.2, -0.15) is 0 Å². The molecule has 118 valence electrons. The molecule has 1 aromatic rings. The lowest BCUT2D eigenvalue weighted by Gasteiger charge is -2.21. The first-order chi connectivity index (χ1) is 10.6. The number of benzene rings is 1. The van der Waals surface area contributed by atoms with Crippen LogP contribution in [0.3, 0.4) is 0 Å². The molecule has 2 aliphatic rings. The lowest BCUT2D eigenvalue weighted by molar-refractivity contribution is -0.122. The molecule has 2 saturated carbocycles. The molecular formula is C16H20FN3OS. The third-order valence-electron chi connectivity index (χ3n) is 4.77. The van der Waals surface area contributed by atoms with E-state index >= 15 is 0 Å². The summed E-state index contributed by atoms with van der Waals surface area (Å²) in [6.07, 6.45) is 5.60. The minimum Gasteiger partial charge on any atom is -0.329 e. The van der Waals surface area contributed by atoms with Crippen molar-refractivity contribution in [2.45, 2.75) is 32.1 Å². The van der Waals surface area contributed by atoms with Crippen molar-refractivity contribution in [3.63, 3.8) is 0 Å². The smallest absolute Gasteiger partial charge is 0.238 e. The van der Waals surface area contributed by atoms with Gasteiger partial charge in [0.2, 0.25) is 5.91 Å². The van der Waals surface area contributed by atoms with Crippen molar-refractivity contribution in [3.8, 4) is 0 Å². The molecule has 2 bridgehead atoms. The number of nitrogens with one attached hydrogen (secondary N) is 3. The molecular weight excluding hydrogens is 301 g/mol. The van der Waals surface area contributed by atoms with Crippen LogP contribution in [0.5, 0.6) is 0 Å². The Kier molecular flexibility index (Phi) is 4.57. The Hall–Kier alpha value is -1.69. The number of anilines is 1. The van der Waals surface area contributed by atoms with E-state index < -0.39 is 0 Å². The maximum atomic E-state index is 13.5. The summed E-state index contributed by atoms with van der Waals surface area (Å²) in [6.45, 7) is 0. The Morgan fingerprint density at radius 1 is 1.23 bits per heavy atom. The Morgan fingerprint density at radius 3 is 2.73 bits per heavy atom. The fourth-order valence-electron chi connectivity index (χ4n) is 3.76. The average molecular weight is 321 g/mol. The summed E-state index contributed by atoms with van der Waals surface area (Å²) in [5, 5.41) is 2.89. The highest BCUT2D eigenvalue weighted by molar-refractivity contribution is 7.80. The van der Waals surface area contributed by atoms with Crippen molar-refractivity contribution in [2.75, 3.05) is 5.32 Å². The normalized spacial score (nSPS) is 25.8. The van der Waals surface area contributed by atoms with Crippen LogP contribution in [0.1, 0.15) is 32.1 Å². The molecule has 3 rings (SSSR count). The molecule has 1 aromatic carbocycles. The molecule has 22 heavy (non-hydrogen) atoms. The van der Waals surface area contributed by atoms with Crippen LogP contribution >= 0.6 is 12.2 Å². The molecule has 0 heterocycles. The van der Waals surface area contributed by atoms with Crippen LogP contribution in [-0.4, -0.2) is 11.0 Å². The molecule has 1 amide bonds. The zero-order valence-corrected chi connectivity index (χ0v) is 13.1. The quantitative estimate of drug-likeness (QED) is 0.592. The molecule has 0 aliphatic heterocycles. The van der Waals surface area contributed by atoms with E-state index in [2.05, 4.69) is 16.2 Å². The third kappa shape index (κ3) is 3.55. The van der Waals surface area contributed by atoms with Gasteiger partial charge in [-0.15, -0.1) is 0 Å². The van der Waals surface area contributed by atoms with Gasteiger partial charge in [0.05, 0.1) is 5.69 Å². The predicted octanol–water partition coefficient (Wildman–Crippen LogP) is 2.97. The number of thiocarbonyl (C=S) groups is 1. The summed E-state index contributed by atoms with van der Waals surface area (Å²) >= 11 is 5.05. The second-order valence-electron chi connectivity index (χ2n) is 6.25. The van der Waals surface area contributed by atoms with Crippen molar-refractivity contribution >= 4 is 28.9 Å². The molecule has 2 fully saturated rings. The van der Waals surface area contributed by atoms with Gasteiger partial charge in [-0.05, 0) is 61.4 Å². The number of hydrogen-bond acceptors (Lipinski definition) is 2. The third-order valence-corrected chi connectivity index (χ3v) is 4.97. The molecule has 3 atom stereocenters. The topological polar surface area (TPSA) is 53.2 Å². The van der Waals surface area contributed by atoms with Gasteiger partial charge >= 0.3 is 0 Å². The van der Waals surface area contributed by atoms with Gasteiger partial charge in [0.15, 0.2) is 5.11 Å². The zero-order chi connectivity index (χ0) is 15.5. The summed E-state index contributed by atoms with van der Waals surface area (Å²) in [7, 11) is 0. The first-order valence-corrected chi connectivity index (χ1v) is 8.13. The van der Waals surface area contributed by atoms with Crippen molar-refractivity contribution in [3.05, 3.63) is 30.1 Å². The van der Waals surface area contributed by atoms with Gasteiger partial charge < -0.3 is 5.32 Å². The van der Waals surface area contributed by atoms with Crippen molar-refractivity contribution in [1.82, 2.24) is 10.9 Å². The highest BCUT2D eigenvalue weighted by Gasteiger charge is 2.40. The number of hydrazine groups is 1. The SMILES string of the molecule is O=C(C[C@H]1C[C@@H]2CC[C@@H]1C2)NNC(=S)Nc1ccccc1F. The van der Waals surface area contributed by atoms with Gasteiger partial charge in [-0.25, -0.2) is 4.39 Å². The van der Waals surface area contributed by atoms with Crippen molar-refractivity contribution < 1.29 is 9.18 Å². The van der Waals surface area contributed by atoms with E-state index in [4.69, 9.17) is 12.2 Å². The van der Waals surface area contributed by atoms with E-state index in [1.807, 2.05) is 0 Å². The number of amides is 1. The number of hydrogen-bond donors (Lipinski definition) is 3.